The van der Waals surface area contributed by atoms with E-state index in [4.69, 9.17) is 9.47 Å². The first kappa shape index (κ1) is 17.6. The van der Waals surface area contributed by atoms with E-state index in [-0.39, 0.29) is 5.69 Å². The Balaban J connectivity index is 2.42. The van der Waals surface area contributed by atoms with Crippen molar-refractivity contribution in [1.29, 1.82) is 0 Å². The lowest BCUT2D eigenvalue weighted by molar-refractivity contribution is 0.0451. The van der Waals surface area contributed by atoms with Crippen LogP contribution in [0.1, 0.15) is 50.3 Å². The highest BCUT2D eigenvalue weighted by Crippen LogP contribution is 2.07. The van der Waals surface area contributed by atoms with Crippen LogP contribution in [0.4, 0.5) is 0 Å². The van der Waals surface area contributed by atoms with E-state index in [2.05, 4.69) is 24.2 Å². The molecule has 0 bridgehead atoms. The number of hydrogen-bond donors (Lipinski definition) is 0. The maximum absolute atomic E-state index is 11.9. The summed E-state index contributed by atoms with van der Waals surface area (Å²) in [6.07, 6.45) is 1.04. The molecule has 0 spiro atoms. The Kier molecular flexibility index (Phi) is 7.36. The van der Waals surface area contributed by atoms with Gasteiger partial charge in [-0.25, -0.2) is 9.48 Å². The van der Waals surface area contributed by atoms with E-state index in [1.807, 2.05) is 20.8 Å². The molecule has 0 aliphatic carbocycles. The number of rotatable bonds is 9. The van der Waals surface area contributed by atoms with Gasteiger partial charge in [-0.15, -0.1) is 5.10 Å². The van der Waals surface area contributed by atoms with E-state index in [1.165, 1.54) is 0 Å². The topological polar surface area (TPSA) is 66.2 Å². The molecule has 0 aromatic carbocycles. The smallest absolute Gasteiger partial charge is 0.360 e. The predicted molar refractivity (Wildman–Crippen MR) is 80.2 cm³/mol. The average molecular weight is 297 g/mol. The maximum Gasteiger partial charge on any atom is 0.360 e. The van der Waals surface area contributed by atoms with Crippen molar-refractivity contribution in [3.05, 3.63) is 11.4 Å². The zero-order valence-corrected chi connectivity index (χ0v) is 13.8. The molecule has 0 radical (unpaired) electrons. The fourth-order valence-corrected chi connectivity index (χ4v) is 1.64. The molecule has 21 heavy (non-hydrogen) atoms. The molecule has 0 aliphatic heterocycles. The number of nitrogens with zero attached hydrogens (tertiary/aromatic N) is 3. The van der Waals surface area contributed by atoms with Gasteiger partial charge in [0.15, 0.2) is 5.69 Å². The summed E-state index contributed by atoms with van der Waals surface area (Å²) in [5.74, 6) is 0.535. The Morgan fingerprint density at radius 2 is 1.90 bits per heavy atom. The lowest BCUT2D eigenvalue weighted by Crippen LogP contribution is -2.13. The number of ether oxygens (including phenoxy) is 2. The van der Waals surface area contributed by atoms with Crippen molar-refractivity contribution in [3.8, 4) is 0 Å². The highest BCUT2D eigenvalue weighted by atomic mass is 16.5. The number of carbonyl (C=O) groups is 1. The van der Waals surface area contributed by atoms with Crippen LogP contribution in [0.25, 0.3) is 0 Å². The molecule has 0 saturated heterocycles. The monoisotopic (exact) mass is 297 g/mol. The van der Waals surface area contributed by atoms with E-state index in [0.717, 1.165) is 18.7 Å². The first-order valence-electron chi connectivity index (χ1n) is 7.56. The maximum atomic E-state index is 11.9. The van der Waals surface area contributed by atoms with Crippen LogP contribution >= 0.6 is 0 Å². The molecule has 1 aromatic rings. The summed E-state index contributed by atoms with van der Waals surface area (Å²) in [4.78, 5) is 11.9. The molecule has 1 aromatic heterocycles. The van der Waals surface area contributed by atoms with Crippen LogP contribution in [0.2, 0.25) is 0 Å². The summed E-state index contributed by atoms with van der Waals surface area (Å²) in [5, 5.41) is 7.89. The first-order chi connectivity index (χ1) is 9.91. The Hall–Kier alpha value is -1.43. The van der Waals surface area contributed by atoms with Gasteiger partial charge in [-0.1, -0.05) is 32.9 Å². The van der Waals surface area contributed by atoms with Crippen LogP contribution in [-0.4, -0.2) is 40.8 Å². The molecule has 6 heteroatoms. The molecule has 0 atom stereocenters. The first-order valence-corrected chi connectivity index (χ1v) is 7.56. The van der Waals surface area contributed by atoms with Crippen LogP contribution < -0.4 is 0 Å². The molecule has 1 rings (SSSR count). The van der Waals surface area contributed by atoms with Gasteiger partial charge in [0.1, 0.15) is 0 Å². The fourth-order valence-electron chi connectivity index (χ4n) is 1.64. The van der Waals surface area contributed by atoms with Crippen molar-refractivity contribution in [1.82, 2.24) is 15.0 Å². The van der Waals surface area contributed by atoms with Gasteiger partial charge >= 0.3 is 5.97 Å². The standard InChI is InChI=1S/C15H27N3O3/c1-11(2)6-8-20-9-7-18-13(5)14(16-17-18)15(19)21-10-12(3)4/h11-12H,6-10H2,1-5H3. The van der Waals surface area contributed by atoms with Crippen molar-refractivity contribution in [2.45, 2.75) is 47.6 Å². The van der Waals surface area contributed by atoms with Crippen LogP contribution in [-0.2, 0) is 16.0 Å². The van der Waals surface area contributed by atoms with E-state index in [1.54, 1.807) is 4.68 Å². The molecule has 0 saturated carbocycles. The number of aromatic nitrogens is 3. The summed E-state index contributed by atoms with van der Waals surface area (Å²) in [6, 6.07) is 0. The second-order valence-corrected chi connectivity index (χ2v) is 6.03. The number of carbonyl (C=O) groups excluding carboxylic acids is 1. The zero-order valence-electron chi connectivity index (χ0n) is 13.8. The molecular formula is C15H27N3O3. The van der Waals surface area contributed by atoms with Gasteiger partial charge in [0.05, 0.1) is 25.5 Å². The van der Waals surface area contributed by atoms with Gasteiger partial charge in [-0.3, -0.25) is 0 Å². The molecule has 0 fully saturated rings. The Morgan fingerprint density at radius 1 is 1.19 bits per heavy atom. The van der Waals surface area contributed by atoms with Gasteiger partial charge in [0.25, 0.3) is 0 Å². The Morgan fingerprint density at radius 3 is 2.52 bits per heavy atom. The van der Waals surface area contributed by atoms with E-state index in [0.29, 0.717) is 31.6 Å². The summed E-state index contributed by atoms with van der Waals surface area (Å²) in [6.45, 7) is 12.4. The van der Waals surface area contributed by atoms with Crippen LogP contribution in [0.5, 0.6) is 0 Å². The quantitative estimate of drug-likeness (QED) is 0.517. The van der Waals surface area contributed by atoms with Crippen LogP contribution in [0.15, 0.2) is 0 Å². The van der Waals surface area contributed by atoms with Gasteiger partial charge in [-0.2, -0.15) is 0 Å². The molecule has 0 amide bonds. The normalized spacial score (nSPS) is 11.4. The second-order valence-electron chi connectivity index (χ2n) is 6.03. The van der Waals surface area contributed by atoms with Crippen molar-refractivity contribution in [3.63, 3.8) is 0 Å². The minimum atomic E-state index is -0.409. The predicted octanol–water partition coefficient (Wildman–Crippen LogP) is 2.46. The Labute approximate surface area is 126 Å². The lowest BCUT2D eigenvalue weighted by Gasteiger charge is -2.08. The molecule has 6 nitrogen and oxygen atoms in total. The number of hydrogen-bond acceptors (Lipinski definition) is 5. The zero-order chi connectivity index (χ0) is 15.8. The van der Waals surface area contributed by atoms with Crippen molar-refractivity contribution < 1.29 is 14.3 Å². The Bertz CT molecular complexity index is 441. The molecule has 1 heterocycles. The van der Waals surface area contributed by atoms with Gasteiger partial charge in [-0.05, 0) is 25.2 Å². The van der Waals surface area contributed by atoms with Crippen LogP contribution in [0.3, 0.4) is 0 Å². The summed E-state index contributed by atoms with van der Waals surface area (Å²) < 4.78 is 12.4. The lowest BCUT2D eigenvalue weighted by atomic mass is 10.1. The third kappa shape index (κ3) is 6.25. The van der Waals surface area contributed by atoms with Crippen molar-refractivity contribution >= 4 is 5.97 Å². The molecule has 0 unspecified atom stereocenters. The minimum Gasteiger partial charge on any atom is -0.461 e. The van der Waals surface area contributed by atoms with Gasteiger partial charge < -0.3 is 9.47 Å². The van der Waals surface area contributed by atoms with E-state index >= 15 is 0 Å². The fraction of sp³-hybridized carbons (Fsp3) is 0.800. The van der Waals surface area contributed by atoms with E-state index < -0.39 is 5.97 Å². The second kappa shape index (κ2) is 8.77. The third-order valence-electron chi connectivity index (χ3n) is 3.01. The van der Waals surface area contributed by atoms with Crippen LogP contribution in [0, 0.1) is 18.8 Å². The highest BCUT2D eigenvalue weighted by molar-refractivity contribution is 5.88. The average Bonchev–Trinajstić information content (AvgIpc) is 2.77. The van der Waals surface area contributed by atoms with Crippen molar-refractivity contribution in [2.24, 2.45) is 11.8 Å². The van der Waals surface area contributed by atoms with E-state index in [9.17, 15) is 4.79 Å². The molecule has 0 aliphatic rings. The molecule has 0 N–H and O–H groups in total. The van der Waals surface area contributed by atoms with Gasteiger partial charge in [0.2, 0.25) is 0 Å². The summed E-state index contributed by atoms with van der Waals surface area (Å²) >= 11 is 0. The largest absolute Gasteiger partial charge is 0.461 e. The SMILES string of the molecule is Cc1c(C(=O)OCC(C)C)nnn1CCOCCC(C)C. The summed E-state index contributed by atoms with van der Waals surface area (Å²) in [7, 11) is 0. The highest BCUT2D eigenvalue weighted by Gasteiger charge is 2.18. The number of esters is 1. The molecular weight excluding hydrogens is 270 g/mol. The minimum absolute atomic E-state index is 0.290. The van der Waals surface area contributed by atoms with Crippen molar-refractivity contribution in [2.75, 3.05) is 19.8 Å². The summed E-state index contributed by atoms with van der Waals surface area (Å²) in [5.41, 5.74) is 1.01. The molecule has 120 valence electrons. The van der Waals surface area contributed by atoms with Gasteiger partial charge in [0, 0.05) is 6.61 Å². The third-order valence-corrected chi connectivity index (χ3v) is 3.01.